The molecule has 0 aromatic rings. The molecule has 7 rings (SSSR count). The van der Waals surface area contributed by atoms with Crippen LogP contribution in [0.5, 0.6) is 0 Å². The highest BCUT2D eigenvalue weighted by Gasteiger charge is 2.74. The molecule has 0 radical (unpaired) electrons. The van der Waals surface area contributed by atoms with Crippen LogP contribution in [0.2, 0.25) is 0 Å². The van der Waals surface area contributed by atoms with Gasteiger partial charge in [0.05, 0.1) is 29.6 Å². The minimum atomic E-state index is -1.74. The fourth-order valence-electron chi connectivity index (χ4n) is 13.9. The molecule has 5 aliphatic carbocycles. The number of ether oxygens (including phenoxy) is 4. The minimum Gasteiger partial charge on any atom is -0.481 e. The Kier molecular flexibility index (Phi) is 11.0. The van der Waals surface area contributed by atoms with Gasteiger partial charge in [0.25, 0.3) is 0 Å². The van der Waals surface area contributed by atoms with Crippen molar-refractivity contribution in [1.29, 1.82) is 0 Å². The third-order valence-electron chi connectivity index (χ3n) is 17.3. The Morgan fingerprint density at radius 1 is 0.768 bits per heavy atom. The van der Waals surface area contributed by atoms with Gasteiger partial charge in [-0.1, -0.05) is 53.2 Å². The van der Waals surface area contributed by atoms with Gasteiger partial charge in [-0.15, -0.1) is 0 Å². The SMILES string of the molecule is C[C@@H]1[C@H](C)CC[C@@]2(C(=O)O[C@H]3O[C@@H](CO)[C@H](O)[C@@H](O)[C@@H]3O)CC[C@@]3(C(=O)O)C(=CC[C@@H]4[C@]5(C)CC[C@H](O[C@@H]6O[C@H](C)[C@@H](O)[C@H](O)[C@@H]6O)C(C)(C)[C@@H]5CC[C@@]43C)[C@H]12. The van der Waals surface area contributed by atoms with Crippen LogP contribution in [0.25, 0.3) is 0 Å². The van der Waals surface area contributed by atoms with Crippen molar-refractivity contribution in [2.24, 2.45) is 56.7 Å². The first-order chi connectivity index (χ1) is 26.1. The maximum Gasteiger partial charge on any atom is 0.315 e. The van der Waals surface area contributed by atoms with Crippen LogP contribution in [0.15, 0.2) is 11.6 Å². The summed E-state index contributed by atoms with van der Waals surface area (Å²) in [6.45, 7) is 14.0. The molecule has 4 saturated carbocycles. The van der Waals surface area contributed by atoms with Crippen LogP contribution in [0.3, 0.4) is 0 Å². The number of aliphatic hydroxyl groups excluding tert-OH is 7. The molecule has 0 amide bonds. The molecular weight excluding hydrogens is 728 g/mol. The number of carbonyl (C=O) groups excluding carboxylic acids is 1. The van der Waals surface area contributed by atoms with Crippen LogP contribution in [0.4, 0.5) is 0 Å². The van der Waals surface area contributed by atoms with Crippen molar-refractivity contribution in [2.45, 2.75) is 174 Å². The molecule has 2 aliphatic heterocycles. The number of allylic oxidation sites excluding steroid dienone is 1. The van der Waals surface area contributed by atoms with Crippen molar-refractivity contribution in [1.82, 2.24) is 0 Å². The first kappa shape index (κ1) is 42.4. The number of fused-ring (bicyclic) bond motifs is 7. The van der Waals surface area contributed by atoms with Crippen LogP contribution in [0.1, 0.15) is 106 Å². The predicted molar refractivity (Wildman–Crippen MR) is 198 cm³/mol. The molecule has 14 heteroatoms. The Labute approximate surface area is 329 Å². The highest BCUT2D eigenvalue weighted by molar-refractivity contribution is 5.85. The molecule has 20 atom stereocenters. The van der Waals surface area contributed by atoms with Gasteiger partial charge < -0.3 is 59.8 Å². The number of carbonyl (C=O) groups is 2. The second kappa shape index (κ2) is 14.5. The van der Waals surface area contributed by atoms with Crippen molar-refractivity contribution in [2.75, 3.05) is 6.61 Å². The van der Waals surface area contributed by atoms with Crippen molar-refractivity contribution < 1.29 is 69.4 Å². The van der Waals surface area contributed by atoms with E-state index in [-0.39, 0.29) is 48.0 Å². The van der Waals surface area contributed by atoms with E-state index >= 15 is 0 Å². The molecule has 14 nitrogen and oxygen atoms in total. The Morgan fingerprint density at radius 3 is 2.09 bits per heavy atom. The Morgan fingerprint density at radius 2 is 1.43 bits per heavy atom. The Hall–Kier alpha value is -1.72. The number of esters is 1. The topological polar surface area (TPSA) is 233 Å². The summed E-state index contributed by atoms with van der Waals surface area (Å²) in [5, 5.41) is 84.5. The predicted octanol–water partition coefficient (Wildman–Crippen LogP) is 2.26. The van der Waals surface area contributed by atoms with Gasteiger partial charge in [0.15, 0.2) is 6.29 Å². The molecule has 8 N–H and O–H groups in total. The lowest BCUT2D eigenvalue weighted by molar-refractivity contribution is -0.324. The first-order valence-electron chi connectivity index (χ1n) is 20.9. The summed E-state index contributed by atoms with van der Waals surface area (Å²) >= 11 is 0. The van der Waals surface area contributed by atoms with Crippen molar-refractivity contribution in [3.63, 3.8) is 0 Å². The van der Waals surface area contributed by atoms with Gasteiger partial charge in [0, 0.05) is 0 Å². The lowest BCUT2D eigenvalue weighted by Gasteiger charge is -2.70. The lowest BCUT2D eigenvalue weighted by atomic mass is 9.33. The van der Waals surface area contributed by atoms with Gasteiger partial charge in [0.1, 0.15) is 42.7 Å². The van der Waals surface area contributed by atoms with Gasteiger partial charge in [-0.25, -0.2) is 0 Å². The highest BCUT2D eigenvalue weighted by Crippen LogP contribution is 2.76. The molecular formula is C42H66O14. The maximum atomic E-state index is 14.6. The van der Waals surface area contributed by atoms with Gasteiger partial charge in [-0.05, 0) is 111 Å². The number of hydrogen-bond donors (Lipinski definition) is 8. The minimum absolute atomic E-state index is 0.00720. The summed E-state index contributed by atoms with van der Waals surface area (Å²) in [4.78, 5) is 28.8. The van der Waals surface area contributed by atoms with E-state index in [9.17, 15) is 50.4 Å². The normalized spacial score (nSPS) is 54.0. The van der Waals surface area contributed by atoms with Crippen LogP contribution in [0, 0.1) is 56.7 Å². The summed E-state index contributed by atoms with van der Waals surface area (Å²) in [6.07, 6.45) is -6.91. The fraction of sp³-hybridized carbons (Fsp3) is 0.905. The quantitative estimate of drug-likeness (QED) is 0.110. The molecule has 6 fully saturated rings. The third kappa shape index (κ3) is 5.85. The number of aliphatic carboxylic acids is 1. The molecule has 0 bridgehead atoms. The maximum absolute atomic E-state index is 14.6. The molecule has 2 saturated heterocycles. The Balaban J connectivity index is 1.21. The summed E-state index contributed by atoms with van der Waals surface area (Å²) in [7, 11) is 0. The number of carboxylic acids is 1. The van der Waals surface area contributed by atoms with E-state index in [4.69, 9.17) is 18.9 Å². The van der Waals surface area contributed by atoms with Crippen LogP contribution in [-0.4, -0.2) is 127 Å². The van der Waals surface area contributed by atoms with Crippen LogP contribution in [-0.2, 0) is 28.5 Å². The molecule has 318 valence electrons. The molecule has 2 heterocycles. The van der Waals surface area contributed by atoms with Gasteiger partial charge >= 0.3 is 11.9 Å². The standard InChI is InChI=1S/C42H66O14/c1-19-10-15-41(37(52)56-35-33(49)31(47)29(45)23(18-43)54-35)16-17-42(36(50)51)22(27(41)20(19)2)8-9-25-39(6)13-12-26(38(4,5)24(39)11-14-40(25,42)7)55-34-32(48)30(46)28(44)21(3)53-34/h8,19-21,23-35,43-49H,9-18H2,1-7H3,(H,50,51)/t19-,20-,21-,23+,24+,25-,26+,27+,28-,29+,30+,31-,32+,33+,34+,35-,39-,40+,41-,42+/m1/s1. The van der Waals surface area contributed by atoms with E-state index in [0.29, 0.717) is 32.1 Å². The third-order valence-corrected chi connectivity index (χ3v) is 17.3. The van der Waals surface area contributed by atoms with E-state index in [0.717, 1.165) is 18.4 Å². The highest BCUT2D eigenvalue weighted by atomic mass is 16.7. The van der Waals surface area contributed by atoms with Gasteiger partial charge in [-0.3, -0.25) is 9.59 Å². The van der Waals surface area contributed by atoms with Gasteiger partial charge in [0.2, 0.25) is 6.29 Å². The van der Waals surface area contributed by atoms with E-state index in [1.807, 2.05) is 0 Å². The fourth-order valence-corrected chi connectivity index (χ4v) is 13.9. The van der Waals surface area contributed by atoms with Crippen molar-refractivity contribution >= 4 is 11.9 Å². The molecule has 0 unspecified atom stereocenters. The largest absolute Gasteiger partial charge is 0.481 e. The average molecular weight is 795 g/mol. The van der Waals surface area contributed by atoms with Crippen molar-refractivity contribution in [3.05, 3.63) is 11.6 Å². The van der Waals surface area contributed by atoms with E-state index in [1.165, 1.54) is 0 Å². The molecule has 7 aliphatic rings. The Bertz CT molecular complexity index is 1550. The number of carboxylic acid groups (broad SMARTS) is 1. The van der Waals surface area contributed by atoms with Crippen LogP contribution >= 0.6 is 0 Å². The van der Waals surface area contributed by atoms with Crippen LogP contribution < -0.4 is 0 Å². The average Bonchev–Trinajstić information content (AvgIpc) is 3.14. The number of hydrogen-bond acceptors (Lipinski definition) is 13. The number of rotatable bonds is 6. The molecule has 0 aromatic heterocycles. The molecule has 56 heavy (non-hydrogen) atoms. The van der Waals surface area contributed by atoms with E-state index in [2.05, 4.69) is 47.6 Å². The van der Waals surface area contributed by atoms with Gasteiger partial charge in [-0.2, -0.15) is 0 Å². The summed E-state index contributed by atoms with van der Waals surface area (Å²) in [5.74, 6) is -1.73. The lowest BCUT2D eigenvalue weighted by Crippen LogP contribution is -2.68. The van der Waals surface area contributed by atoms with E-state index in [1.54, 1.807) is 6.92 Å². The molecule has 0 aromatic carbocycles. The molecule has 0 spiro atoms. The second-order valence-electron chi connectivity index (χ2n) is 20.0. The number of aliphatic hydroxyl groups is 7. The summed E-state index contributed by atoms with van der Waals surface area (Å²) in [5.41, 5.74) is -2.93. The monoisotopic (exact) mass is 794 g/mol. The zero-order valence-corrected chi connectivity index (χ0v) is 33.9. The first-order valence-corrected chi connectivity index (χ1v) is 20.9. The zero-order chi connectivity index (χ0) is 41.1. The second-order valence-corrected chi connectivity index (χ2v) is 20.0. The van der Waals surface area contributed by atoms with E-state index < -0.39 is 108 Å². The summed E-state index contributed by atoms with van der Waals surface area (Å²) in [6, 6.07) is 0. The smallest absolute Gasteiger partial charge is 0.315 e. The summed E-state index contributed by atoms with van der Waals surface area (Å²) < 4.78 is 23.9. The van der Waals surface area contributed by atoms with Crippen molar-refractivity contribution in [3.8, 4) is 0 Å². The zero-order valence-electron chi connectivity index (χ0n) is 33.9.